The fraction of sp³-hybridized carbons (Fsp3) is 0.350. The number of carbonyl (C=O) groups excluding carboxylic acids is 2. The van der Waals surface area contributed by atoms with Crippen molar-refractivity contribution in [3.63, 3.8) is 0 Å². The van der Waals surface area contributed by atoms with E-state index in [1.54, 1.807) is 35.5 Å². The molecule has 0 unspecified atom stereocenters. The summed E-state index contributed by atoms with van der Waals surface area (Å²) in [6.07, 6.45) is 4.99. The lowest BCUT2D eigenvalue weighted by Crippen LogP contribution is -2.45. The molecule has 1 aliphatic heterocycles. The number of carbonyl (C=O) groups is 2. The molecule has 1 saturated heterocycles. The van der Waals surface area contributed by atoms with Gasteiger partial charge in [-0.15, -0.1) is 0 Å². The quantitative estimate of drug-likeness (QED) is 0.831. The molecule has 0 bridgehead atoms. The Labute approximate surface area is 168 Å². The number of hydrogen-bond donors (Lipinski definition) is 1. The third kappa shape index (κ3) is 4.79. The van der Waals surface area contributed by atoms with E-state index in [9.17, 15) is 9.59 Å². The van der Waals surface area contributed by atoms with Gasteiger partial charge in [-0.25, -0.2) is 0 Å². The third-order valence-corrected chi connectivity index (χ3v) is 5.53. The number of nitrogens with one attached hydrogen (secondary N) is 1. The Morgan fingerprint density at radius 2 is 2.07 bits per heavy atom. The highest BCUT2D eigenvalue weighted by Gasteiger charge is 2.29. The number of aromatic nitrogens is 1. The first-order valence-corrected chi connectivity index (χ1v) is 9.66. The van der Waals surface area contributed by atoms with Crippen LogP contribution < -0.4 is 5.32 Å². The normalized spacial score (nSPS) is 18.0. The summed E-state index contributed by atoms with van der Waals surface area (Å²) in [6.45, 7) is 2.95. The van der Waals surface area contributed by atoms with Gasteiger partial charge in [-0.1, -0.05) is 29.3 Å². The number of rotatable bonds is 4. The van der Waals surface area contributed by atoms with Crippen LogP contribution in [0, 0.1) is 5.92 Å². The van der Waals surface area contributed by atoms with Crippen molar-refractivity contribution < 1.29 is 9.59 Å². The van der Waals surface area contributed by atoms with Crippen LogP contribution >= 0.6 is 23.2 Å². The molecule has 5 nitrogen and oxygen atoms in total. The highest BCUT2D eigenvalue weighted by atomic mass is 35.5. The van der Waals surface area contributed by atoms with Crippen molar-refractivity contribution in [3.05, 3.63) is 63.9 Å². The largest absolute Gasteiger partial charge is 0.349 e. The van der Waals surface area contributed by atoms with Gasteiger partial charge in [0.1, 0.15) is 0 Å². The molecule has 2 aromatic rings. The molecule has 1 aromatic heterocycles. The minimum absolute atomic E-state index is 0.0435. The van der Waals surface area contributed by atoms with Crippen LogP contribution in [-0.4, -0.2) is 34.8 Å². The van der Waals surface area contributed by atoms with E-state index in [2.05, 4.69) is 10.3 Å². The molecule has 2 atom stereocenters. The molecule has 7 heteroatoms. The van der Waals surface area contributed by atoms with Crippen LogP contribution in [0.3, 0.4) is 0 Å². The Morgan fingerprint density at radius 3 is 2.78 bits per heavy atom. The lowest BCUT2D eigenvalue weighted by molar-refractivity contribution is -0.127. The Balaban J connectivity index is 1.63. The van der Waals surface area contributed by atoms with Crippen molar-refractivity contribution >= 4 is 35.0 Å². The van der Waals surface area contributed by atoms with Gasteiger partial charge in [-0.2, -0.15) is 0 Å². The summed E-state index contributed by atoms with van der Waals surface area (Å²) in [5.41, 5.74) is 1.43. The van der Waals surface area contributed by atoms with Gasteiger partial charge in [0.15, 0.2) is 0 Å². The molecule has 1 aromatic carbocycles. The smallest absolute Gasteiger partial charge is 0.253 e. The maximum absolute atomic E-state index is 12.8. The molecule has 0 aliphatic carbocycles. The van der Waals surface area contributed by atoms with Crippen molar-refractivity contribution in [1.29, 1.82) is 0 Å². The SMILES string of the molecule is C[C@H](NC(=O)[C@H]1CCCN(C(=O)c2ccc(Cl)c(Cl)c2)C1)c1cccnc1. The molecule has 0 spiro atoms. The first kappa shape index (κ1) is 19.6. The predicted octanol–water partition coefficient (Wildman–Crippen LogP) is 4.12. The minimum atomic E-state index is -0.232. The fourth-order valence-corrected chi connectivity index (χ4v) is 3.53. The Kier molecular flexibility index (Phi) is 6.34. The van der Waals surface area contributed by atoms with Gasteiger partial charge in [0, 0.05) is 31.0 Å². The lowest BCUT2D eigenvalue weighted by Gasteiger charge is -2.32. The van der Waals surface area contributed by atoms with Crippen LogP contribution in [0.5, 0.6) is 0 Å². The zero-order chi connectivity index (χ0) is 19.4. The van der Waals surface area contributed by atoms with Crippen molar-refractivity contribution in [2.45, 2.75) is 25.8 Å². The van der Waals surface area contributed by atoms with Crippen LogP contribution in [0.25, 0.3) is 0 Å². The molecule has 142 valence electrons. The zero-order valence-corrected chi connectivity index (χ0v) is 16.5. The Bertz CT molecular complexity index is 829. The maximum atomic E-state index is 12.8. The average Bonchev–Trinajstić information content (AvgIpc) is 2.70. The highest BCUT2D eigenvalue weighted by molar-refractivity contribution is 6.42. The average molecular weight is 406 g/mol. The number of piperidine rings is 1. The van der Waals surface area contributed by atoms with E-state index in [0.29, 0.717) is 28.7 Å². The number of amides is 2. The van der Waals surface area contributed by atoms with Crippen molar-refractivity contribution in [2.75, 3.05) is 13.1 Å². The topological polar surface area (TPSA) is 62.3 Å². The van der Waals surface area contributed by atoms with Crippen LogP contribution in [-0.2, 0) is 4.79 Å². The van der Waals surface area contributed by atoms with Crippen LogP contribution in [0.1, 0.15) is 41.7 Å². The number of hydrogen-bond acceptors (Lipinski definition) is 3. The Morgan fingerprint density at radius 1 is 1.26 bits per heavy atom. The molecule has 0 saturated carbocycles. The van der Waals surface area contributed by atoms with Gasteiger partial charge in [-0.3, -0.25) is 14.6 Å². The first-order valence-electron chi connectivity index (χ1n) is 8.90. The maximum Gasteiger partial charge on any atom is 0.253 e. The van der Waals surface area contributed by atoms with Crippen LogP contribution in [0.15, 0.2) is 42.7 Å². The van der Waals surface area contributed by atoms with E-state index >= 15 is 0 Å². The van der Waals surface area contributed by atoms with Crippen LogP contribution in [0.4, 0.5) is 0 Å². The summed E-state index contributed by atoms with van der Waals surface area (Å²) < 4.78 is 0. The molecular weight excluding hydrogens is 385 g/mol. The molecule has 27 heavy (non-hydrogen) atoms. The van der Waals surface area contributed by atoms with Gasteiger partial charge < -0.3 is 10.2 Å². The molecule has 0 radical (unpaired) electrons. The summed E-state index contributed by atoms with van der Waals surface area (Å²) >= 11 is 11.9. The van der Waals surface area contributed by atoms with E-state index in [-0.39, 0.29) is 23.8 Å². The number of halogens is 2. The van der Waals surface area contributed by atoms with Gasteiger partial charge in [0.25, 0.3) is 5.91 Å². The Hall–Kier alpha value is -2.11. The predicted molar refractivity (Wildman–Crippen MR) is 106 cm³/mol. The van der Waals surface area contributed by atoms with Gasteiger partial charge >= 0.3 is 0 Å². The standard InChI is InChI=1S/C20H21Cl2N3O2/c1-13(15-4-2-8-23-11-15)24-19(26)16-5-3-9-25(12-16)20(27)14-6-7-17(21)18(22)10-14/h2,4,6-8,10-11,13,16H,3,5,9,12H2,1H3,(H,24,26)/t13-,16-/m0/s1. The first-order chi connectivity index (χ1) is 13.0. The van der Waals surface area contributed by atoms with E-state index in [4.69, 9.17) is 23.2 Å². The van der Waals surface area contributed by atoms with E-state index in [0.717, 1.165) is 18.4 Å². The van der Waals surface area contributed by atoms with E-state index in [1.165, 1.54) is 0 Å². The van der Waals surface area contributed by atoms with Crippen LogP contribution in [0.2, 0.25) is 10.0 Å². The molecule has 2 amide bonds. The fourth-order valence-electron chi connectivity index (χ4n) is 3.23. The lowest BCUT2D eigenvalue weighted by atomic mass is 9.96. The second-order valence-corrected chi connectivity index (χ2v) is 7.55. The highest BCUT2D eigenvalue weighted by Crippen LogP contribution is 2.25. The molecule has 1 aliphatic rings. The third-order valence-electron chi connectivity index (χ3n) is 4.79. The second-order valence-electron chi connectivity index (χ2n) is 6.74. The van der Waals surface area contributed by atoms with E-state index in [1.807, 2.05) is 19.1 Å². The number of pyridine rings is 1. The molecule has 3 rings (SSSR count). The van der Waals surface area contributed by atoms with E-state index < -0.39 is 0 Å². The summed E-state index contributed by atoms with van der Waals surface area (Å²) in [5.74, 6) is -0.408. The molecule has 1 N–H and O–H groups in total. The van der Waals surface area contributed by atoms with Gasteiger partial charge in [-0.05, 0) is 49.6 Å². The molecule has 1 fully saturated rings. The minimum Gasteiger partial charge on any atom is -0.349 e. The van der Waals surface area contributed by atoms with Crippen molar-refractivity contribution in [3.8, 4) is 0 Å². The number of benzene rings is 1. The summed E-state index contributed by atoms with van der Waals surface area (Å²) in [5, 5.41) is 3.78. The zero-order valence-electron chi connectivity index (χ0n) is 15.0. The van der Waals surface area contributed by atoms with Gasteiger partial charge in [0.2, 0.25) is 5.91 Å². The van der Waals surface area contributed by atoms with Gasteiger partial charge in [0.05, 0.1) is 22.0 Å². The van der Waals surface area contributed by atoms with Crippen molar-refractivity contribution in [2.24, 2.45) is 5.92 Å². The summed E-state index contributed by atoms with van der Waals surface area (Å²) in [4.78, 5) is 31.2. The number of likely N-dealkylation sites (tertiary alicyclic amines) is 1. The monoisotopic (exact) mass is 405 g/mol. The molecular formula is C20H21Cl2N3O2. The second kappa shape index (κ2) is 8.72. The summed E-state index contributed by atoms with van der Waals surface area (Å²) in [6, 6.07) is 8.48. The summed E-state index contributed by atoms with van der Waals surface area (Å²) in [7, 11) is 0. The number of nitrogens with zero attached hydrogens (tertiary/aromatic N) is 2. The van der Waals surface area contributed by atoms with Crippen molar-refractivity contribution in [1.82, 2.24) is 15.2 Å². The molecule has 2 heterocycles.